The number of likely N-dealkylation sites (tertiary alicyclic amines) is 1. The summed E-state index contributed by atoms with van der Waals surface area (Å²) < 4.78 is 73.9. The highest BCUT2D eigenvalue weighted by Crippen LogP contribution is 2.35. The van der Waals surface area contributed by atoms with Gasteiger partial charge in [0.25, 0.3) is 0 Å². The molecule has 0 spiro atoms. The van der Waals surface area contributed by atoms with Crippen molar-refractivity contribution in [2.75, 3.05) is 37.2 Å². The van der Waals surface area contributed by atoms with Crippen molar-refractivity contribution in [2.45, 2.75) is 56.7 Å². The van der Waals surface area contributed by atoms with E-state index in [1.54, 1.807) is 20.8 Å². The van der Waals surface area contributed by atoms with E-state index in [9.17, 15) is 26.4 Å². The van der Waals surface area contributed by atoms with Gasteiger partial charge in [-0.15, -0.1) is 5.10 Å². The van der Waals surface area contributed by atoms with Gasteiger partial charge in [0.2, 0.25) is 20.1 Å². The summed E-state index contributed by atoms with van der Waals surface area (Å²) in [5.74, 6) is -0.601. The average molecular weight is 603 g/mol. The van der Waals surface area contributed by atoms with Crippen LogP contribution >= 0.6 is 11.3 Å². The molecule has 17 heteroatoms. The molecular formula is C23H29F3N8O4S2. The van der Waals surface area contributed by atoms with E-state index >= 15 is 0 Å². The summed E-state index contributed by atoms with van der Waals surface area (Å²) in [4.78, 5) is 22.0. The number of sulfonamides is 1. The second kappa shape index (κ2) is 10.0. The first-order valence-electron chi connectivity index (χ1n) is 12.5. The Labute approximate surface area is 232 Å². The largest absolute Gasteiger partial charge is 0.444 e. The number of hydrogen-bond acceptors (Lipinski definition) is 10. The zero-order chi connectivity index (χ0) is 29.0. The molecule has 5 heterocycles. The summed E-state index contributed by atoms with van der Waals surface area (Å²) in [5, 5.41) is 7.65. The molecule has 3 aromatic heterocycles. The normalized spacial score (nSPS) is 18.2. The predicted octanol–water partition coefficient (Wildman–Crippen LogP) is 3.28. The zero-order valence-electron chi connectivity index (χ0n) is 22.0. The van der Waals surface area contributed by atoms with Crippen molar-refractivity contribution >= 4 is 43.4 Å². The quantitative estimate of drug-likeness (QED) is 0.449. The third-order valence-electron chi connectivity index (χ3n) is 6.63. The predicted molar refractivity (Wildman–Crippen MR) is 142 cm³/mol. The van der Waals surface area contributed by atoms with Crippen LogP contribution in [-0.2, 0) is 20.9 Å². The topological polar surface area (TPSA) is 148 Å². The fraction of sp³-hybridized carbons (Fsp3) is 0.565. The van der Waals surface area contributed by atoms with Gasteiger partial charge in [-0.25, -0.2) is 32.0 Å². The second-order valence-electron chi connectivity index (χ2n) is 10.8. The average Bonchev–Trinajstić information content (AvgIpc) is 3.35. The molecule has 2 aliphatic rings. The van der Waals surface area contributed by atoms with Gasteiger partial charge >= 0.3 is 12.3 Å². The number of nitrogens with two attached hydrogens (primary N) is 1. The number of anilines is 2. The molecule has 2 fully saturated rings. The maximum absolute atomic E-state index is 13.2. The lowest BCUT2D eigenvalue weighted by Crippen LogP contribution is -2.61. The Balaban J connectivity index is 1.16. The molecule has 218 valence electrons. The Kier molecular flexibility index (Phi) is 7.11. The molecule has 3 N–H and O–H groups in total. The number of carbonyl (C=O) groups is 1. The third kappa shape index (κ3) is 5.81. The van der Waals surface area contributed by atoms with Gasteiger partial charge in [-0.3, -0.25) is 0 Å². The molecule has 0 atom stereocenters. The molecule has 3 aromatic rings. The number of pyridine rings is 1. The monoisotopic (exact) mass is 602 g/mol. The number of amides is 1. The number of alkyl halides is 3. The van der Waals surface area contributed by atoms with Crippen LogP contribution in [0.4, 0.5) is 28.9 Å². The fourth-order valence-electron chi connectivity index (χ4n) is 4.48. The number of carbonyl (C=O) groups excluding carboxylic acids is 1. The van der Waals surface area contributed by atoms with Crippen molar-refractivity contribution in [3.8, 4) is 11.3 Å². The molecule has 2 saturated heterocycles. The molecule has 0 saturated carbocycles. The van der Waals surface area contributed by atoms with E-state index in [-0.39, 0.29) is 30.4 Å². The van der Waals surface area contributed by atoms with Crippen molar-refractivity contribution in [1.29, 1.82) is 0 Å². The minimum atomic E-state index is -4.63. The Morgan fingerprint density at radius 2 is 1.88 bits per heavy atom. The Bertz CT molecular complexity index is 1490. The van der Waals surface area contributed by atoms with Crippen molar-refractivity contribution in [3.05, 3.63) is 24.0 Å². The Hall–Kier alpha value is -3.18. The minimum Gasteiger partial charge on any atom is -0.444 e. The van der Waals surface area contributed by atoms with E-state index in [2.05, 4.69) is 20.4 Å². The van der Waals surface area contributed by atoms with Crippen LogP contribution in [0.2, 0.25) is 0 Å². The number of nitrogens with one attached hydrogen (secondary N) is 1. The van der Waals surface area contributed by atoms with Crippen LogP contribution in [0.25, 0.3) is 16.2 Å². The van der Waals surface area contributed by atoms with E-state index in [1.807, 2.05) is 0 Å². The molecule has 5 rings (SSSR count). The van der Waals surface area contributed by atoms with E-state index in [0.717, 1.165) is 6.07 Å². The van der Waals surface area contributed by atoms with Gasteiger partial charge in [0, 0.05) is 44.0 Å². The van der Waals surface area contributed by atoms with Crippen molar-refractivity contribution in [2.24, 2.45) is 0 Å². The first-order valence-corrected chi connectivity index (χ1v) is 14.8. The molecule has 0 unspecified atom stereocenters. The highest BCUT2D eigenvalue weighted by Gasteiger charge is 2.44. The van der Waals surface area contributed by atoms with E-state index in [0.29, 0.717) is 36.0 Å². The van der Waals surface area contributed by atoms with E-state index in [4.69, 9.17) is 10.5 Å². The molecule has 1 amide bonds. The standard InChI is InChI=1S/C23H29F3N8O4S2/c1-22(2,3)38-21(35)32-10-15(11-32)40(36,37)33-6-4-14(5-7-33)29-19-31-34-12-17(30-20(34)39-19)13-8-16(23(24,25)26)18(27)28-9-13/h8-9,12,14-15H,4-7,10-11H2,1-3H3,(H2,27,28)(H,29,31). The Morgan fingerprint density at radius 3 is 2.48 bits per heavy atom. The van der Waals surface area contributed by atoms with Crippen LogP contribution in [0.5, 0.6) is 0 Å². The minimum absolute atomic E-state index is 0.0166. The third-order valence-corrected chi connectivity index (χ3v) is 9.70. The summed E-state index contributed by atoms with van der Waals surface area (Å²) in [6.45, 7) is 6.16. The summed E-state index contributed by atoms with van der Waals surface area (Å²) >= 11 is 1.23. The number of ether oxygens (including phenoxy) is 1. The van der Waals surface area contributed by atoms with E-state index < -0.39 is 44.5 Å². The molecular weight excluding hydrogens is 573 g/mol. The number of imidazole rings is 1. The molecule has 40 heavy (non-hydrogen) atoms. The maximum atomic E-state index is 13.2. The van der Waals surface area contributed by atoms with Crippen molar-refractivity contribution in [3.63, 3.8) is 0 Å². The first-order chi connectivity index (χ1) is 18.6. The summed E-state index contributed by atoms with van der Waals surface area (Å²) in [6.07, 6.45) is -1.28. The molecule has 0 aromatic carbocycles. The van der Waals surface area contributed by atoms with Crippen molar-refractivity contribution in [1.82, 2.24) is 28.8 Å². The fourth-order valence-corrected chi connectivity index (χ4v) is 7.22. The molecule has 12 nitrogen and oxygen atoms in total. The van der Waals surface area contributed by atoms with Crippen LogP contribution in [0.3, 0.4) is 0 Å². The number of nitrogens with zero attached hydrogens (tertiary/aromatic N) is 6. The summed E-state index contributed by atoms with van der Waals surface area (Å²) in [7, 11) is -3.54. The van der Waals surface area contributed by atoms with Crippen LogP contribution in [0, 0.1) is 0 Å². The number of piperidine rings is 1. The molecule has 2 aliphatic heterocycles. The van der Waals surface area contributed by atoms with Gasteiger partial charge in [-0.2, -0.15) is 13.2 Å². The van der Waals surface area contributed by atoms with Crippen molar-refractivity contribution < 1.29 is 31.1 Å². The van der Waals surface area contributed by atoms with Gasteiger partial charge in [-0.05, 0) is 39.7 Å². The van der Waals surface area contributed by atoms with Gasteiger partial charge < -0.3 is 20.7 Å². The van der Waals surface area contributed by atoms with Crippen LogP contribution < -0.4 is 11.1 Å². The number of halogens is 3. The Morgan fingerprint density at radius 1 is 1.20 bits per heavy atom. The van der Waals surface area contributed by atoms with Gasteiger partial charge in [-0.1, -0.05) is 11.3 Å². The van der Waals surface area contributed by atoms with Crippen LogP contribution in [0.1, 0.15) is 39.2 Å². The van der Waals surface area contributed by atoms with Gasteiger partial charge in [0.15, 0.2) is 0 Å². The summed E-state index contributed by atoms with van der Waals surface area (Å²) in [5.41, 5.74) is 4.16. The number of aromatic nitrogens is 4. The maximum Gasteiger partial charge on any atom is 0.419 e. The molecule has 0 radical (unpaired) electrons. The number of rotatable bonds is 5. The van der Waals surface area contributed by atoms with Crippen LogP contribution in [0.15, 0.2) is 18.5 Å². The smallest absolute Gasteiger partial charge is 0.419 e. The lowest BCUT2D eigenvalue weighted by atomic mass is 10.1. The number of fused-ring (bicyclic) bond motifs is 1. The lowest BCUT2D eigenvalue weighted by Gasteiger charge is -2.42. The first kappa shape index (κ1) is 28.4. The highest BCUT2D eigenvalue weighted by atomic mass is 32.2. The van der Waals surface area contributed by atoms with Gasteiger partial charge in [0.05, 0.1) is 17.5 Å². The second-order valence-corrected chi connectivity index (χ2v) is 14.0. The number of nitrogen functional groups attached to an aromatic ring is 1. The van der Waals surface area contributed by atoms with Gasteiger partial charge in [0.1, 0.15) is 16.7 Å². The lowest BCUT2D eigenvalue weighted by molar-refractivity contribution is -0.137. The molecule has 0 bridgehead atoms. The summed E-state index contributed by atoms with van der Waals surface area (Å²) in [6, 6.07) is 0.895. The van der Waals surface area contributed by atoms with E-state index in [1.165, 1.54) is 37.5 Å². The molecule has 0 aliphatic carbocycles. The number of hydrogen-bond donors (Lipinski definition) is 2. The van der Waals surface area contributed by atoms with Crippen LogP contribution in [-0.4, -0.2) is 86.4 Å². The highest BCUT2D eigenvalue weighted by molar-refractivity contribution is 7.89. The zero-order valence-corrected chi connectivity index (χ0v) is 23.6. The SMILES string of the molecule is CC(C)(C)OC(=O)N1CC(S(=O)(=O)N2CCC(Nc3nn4cc(-c5cnc(N)c(C(F)(F)F)c5)nc4s3)CC2)C1.